The van der Waals surface area contributed by atoms with E-state index < -0.39 is 0 Å². The van der Waals surface area contributed by atoms with Crippen molar-refractivity contribution in [1.29, 1.82) is 5.26 Å². The lowest BCUT2D eigenvalue weighted by Gasteiger charge is -2.67. The van der Waals surface area contributed by atoms with Gasteiger partial charge >= 0.3 is 0 Å². The molecule has 164 valence electrons. The van der Waals surface area contributed by atoms with Crippen LogP contribution < -0.4 is 10.2 Å². The van der Waals surface area contributed by atoms with Gasteiger partial charge in [0.2, 0.25) is 0 Å². The molecule has 0 bridgehead atoms. The Labute approximate surface area is 191 Å². The molecule has 0 spiro atoms. The first-order chi connectivity index (χ1) is 14.4. The van der Waals surface area contributed by atoms with Crippen molar-refractivity contribution in [3.63, 3.8) is 0 Å². The predicted molar refractivity (Wildman–Crippen MR) is 128 cm³/mol. The van der Waals surface area contributed by atoms with Gasteiger partial charge in [0.1, 0.15) is 6.07 Å². The van der Waals surface area contributed by atoms with E-state index in [1.807, 2.05) is 36.4 Å². The van der Waals surface area contributed by atoms with Crippen molar-refractivity contribution in [2.75, 3.05) is 11.9 Å². The van der Waals surface area contributed by atoms with Gasteiger partial charge < -0.3 is 10.2 Å². The number of carbonyl (C=O) groups excluding carboxylic acids is 1. The number of nitrogens with one attached hydrogen (secondary N) is 1. The standard InChI is InChI=1S/C26H32ClN3O/c1-16(2)17-8-10-18(11-9-17)22(31)29-23-25(3,4)24(26(23,5)6)30(7)20-13-12-19(15-28)21(27)14-20/h8-14,16,23-24H,1-7H3,(H,29,31)/t23-,24-. The topological polar surface area (TPSA) is 56.1 Å². The van der Waals surface area contributed by atoms with E-state index in [-0.39, 0.29) is 28.8 Å². The Bertz CT molecular complexity index is 1000. The van der Waals surface area contributed by atoms with E-state index in [2.05, 4.69) is 64.9 Å². The van der Waals surface area contributed by atoms with Crippen molar-refractivity contribution in [2.45, 2.75) is 59.5 Å². The molecule has 1 aliphatic rings. The molecule has 1 amide bonds. The quantitative estimate of drug-likeness (QED) is 0.623. The Balaban J connectivity index is 1.80. The number of anilines is 1. The normalized spacial score (nSPS) is 21.2. The van der Waals surface area contributed by atoms with Crippen molar-refractivity contribution in [1.82, 2.24) is 5.32 Å². The fourth-order valence-corrected chi connectivity index (χ4v) is 5.92. The van der Waals surface area contributed by atoms with E-state index in [0.29, 0.717) is 22.1 Å². The molecule has 0 aromatic heterocycles. The predicted octanol–water partition coefficient (Wildman–Crippen LogP) is 6.00. The molecule has 0 saturated heterocycles. The van der Waals surface area contributed by atoms with Crippen LogP contribution in [0.1, 0.15) is 68.9 Å². The third-order valence-electron chi connectivity index (χ3n) is 6.88. The van der Waals surface area contributed by atoms with Crippen LogP contribution in [0.2, 0.25) is 5.02 Å². The molecule has 5 heteroatoms. The first-order valence-electron chi connectivity index (χ1n) is 10.7. The zero-order valence-electron chi connectivity index (χ0n) is 19.5. The highest BCUT2D eigenvalue weighted by Gasteiger charge is 2.63. The Kier molecular flexibility index (Phi) is 6.13. The molecule has 0 radical (unpaired) electrons. The van der Waals surface area contributed by atoms with Crippen LogP contribution in [0, 0.1) is 22.2 Å². The molecule has 1 fully saturated rings. The third-order valence-corrected chi connectivity index (χ3v) is 7.19. The molecule has 2 aromatic carbocycles. The smallest absolute Gasteiger partial charge is 0.251 e. The van der Waals surface area contributed by atoms with Crippen molar-refractivity contribution >= 4 is 23.2 Å². The lowest BCUT2D eigenvalue weighted by molar-refractivity contribution is -0.0682. The lowest BCUT2D eigenvalue weighted by Crippen LogP contribution is -2.77. The minimum atomic E-state index is -0.161. The average Bonchev–Trinajstić information content (AvgIpc) is 2.71. The number of carbonyl (C=O) groups is 1. The van der Waals surface area contributed by atoms with Crippen LogP contribution in [0.15, 0.2) is 42.5 Å². The molecule has 31 heavy (non-hydrogen) atoms. The van der Waals surface area contributed by atoms with Gasteiger partial charge in [-0.25, -0.2) is 0 Å². The Morgan fingerprint density at radius 2 is 1.68 bits per heavy atom. The number of hydrogen-bond donors (Lipinski definition) is 1. The van der Waals surface area contributed by atoms with Crippen molar-refractivity contribution < 1.29 is 4.79 Å². The molecular formula is C26H32ClN3O. The molecule has 0 aliphatic heterocycles. The van der Waals surface area contributed by atoms with E-state index in [4.69, 9.17) is 16.9 Å². The molecule has 1 aliphatic carbocycles. The maximum atomic E-state index is 13.0. The van der Waals surface area contributed by atoms with Gasteiger partial charge in [-0.05, 0) is 41.8 Å². The monoisotopic (exact) mass is 437 g/mol. The summed E-state index contributed by atoms with van der Waals surface area (Å²) in [5, 5.41) is 12.9. The van der Waals surface area contributed by atoms with Gasteiger partial charge in [-0.3, -0.25) is 4.79 Å². The zero-order valence-corrected chi connectivity index (χ0v) is 20.2. The van der Waals surface area contributed by atoms with Crippen LogP contribution in [0.3, 0.4) is 0 Å². The van der Waals surface area contributed by atoms with Gasteiger partial charge in [0.05, 0.1) is 10.6 Å². The van der Waals surface area contributed by atoms with Crippen molar-refractivity contribution in [3.8, 4) is 6.07 Å². The lowest BCUT2D eigenvalue weighted by atomic mass is 9.47. The number of amides is 1. The summed E-state index contributed by atoms with van der Waals surface area (Å²) in [7, 11) is 2.05. The fraction of sp³-hybridized carbons (Fsp3) is 0.462. The summed E-state index contributed by atoms with van der Waals surface area (Å²) in [5.41, 5.74) is 3.03. The molecule has 1 saturated carbocycles. The highest BCUT2D eigenvalue weighted by molar-refractivity contribution is 6.32. The van der Waals surface area contributed by atoms with Crippen molar-refractivity contribution in [3.05, 3.63) is 64.2 Å². The molecule has 2 aromatic rings. The second kappa shape index (κ2) is 8.20. The minimum absolute atomic E-state index is 0.0126. The molecule has 1 N–H and O–H groups in total. The van der Waals surface area contributed by atoms with E-state index in [0.717, 1.165) is 5.69 Å². The van der Waals surface area contributed by atoms with Gasteiger partial charge in [0.25, 0.3) is 5.91 Å². The number of rotatable bonds is 5. The summed E-state index contributed by atoms with van der Waals surface area (Å²) in [6.07, 6.45) is 0. The van der Waals surface area contributed by atoms with Crippen LogP contribution in [-0.4, -0.2) is 25.0 Å². The maximum absolute atomic E-state index is 13.0. The first kappa shape index (κ1) is 23.2. The van der Waals surface area contributed by atoms with Crippen molar-refractivity contribution in [2.24, 2.45) is 10.8 Å². The summed E-state index contributed by atoms with van der Waals surface area (Å²) in [4.78, 5) is 15.2. The number of nitrogens with zero attached hydrogens (tertiary/aromatic N) is 2. The molecule has 0 unspecified atom stereocenters. The number of nitriles is 1. The SMILES string of the molecule is CC(C)c1ccc(C(=O)N[C@H]2C(C)(C)[C@H](N(C)c3ccc(C#N)c(Cl)c3)C2(C)C)cc1. The molecule has 0 atom stereocenters. The maximum Gasteiger partial charge on any atom is 0.251 e. The summed E-state index contributed by atoms with van der Waals surface area (Å²) in [5.74, 6) is 0.401. The van der Waals surface area contributed by atoms with Gasteiger partial charge in [-0.1, -0.05) is 65.3 Å². The Hall–Kier alpha value is -2.51. The van der Waals surface area contributed by atoms with E-state index >= 15 is 0 Å². The average molecular weight is 438 g/mol. The number of benzene rings is 2. The summed E-state index contributed by atoms with van der Waals surface area (Å²) in [6.45, 7) is 13.1. The van der Waals surface area contributed by atoms with Crippen LogP contribution in [0.5, 0.6) is 0 Å². The first-order valence-corrected chi connectivity index (χ1v) is 11.1. The fourth-order valence-electron chi connectivity index (χ4n) is 5.70. The zero-order chi connectivity index (χ0) is 23.1. The van der Waals surface area contributed by atoms with E-state index in [1.54, 1.807) is 6.07 Å². The molecular weight excluding hydrogens is 406 g/mol. The minimum Gasteiger partial charge on any atom is -0.370 e. The molecule has 3 rings (SSSR count). The third kappa shape index (κ3) is 4.04. The second-order valence-corrected chi connectivity index (χ2v) is 10.5. The number of halogens is 1. The van der Waals surface area contributed by atoms with Crippen LogP contribution in [0.25, 0.3) is 0 Å². The summed E-state index contributed by atoms with van der Waals surface area (Å²) in [6, 6.07) is 15.7. The summed E-state index contributed by atoms with van der Waals surface area (Å²) >= 11 is 6.27. The largest absolute Gasteiger partial charge is 0.370 e. The van der Waals surface area contributed by atoms with Gasteiger partial charge in [-0.2, -0.15) is 5.26 Å². The second-order valence-electron chi connectivity index (χ2n) is 10.1. The van der Waals surface area contributed by atoms with E-state index in [9.17, 15) is 4.79 Å². The number of hydrogen-bond acceptors (Lipinski definition) is 3. The van der Waals surface area contributed by atoms with Gasteiger partial charge in [0, 0.05) is 41.2 Å². The molecule has 0 heterocycles. The van der Waals surface area contributed by atoms with E-state index in [1.165, 1.54) is 5.56 Å². The molecule has 4 nitrogen and oxygen atoms in total. The summed E-state index contributed by atoms with van der Waals surface area (Å²) < 4.78 is 0. The van der Waals surface area contributed by atoms with Crippen LogP contribution in [-0.2, 0) is 0 Å². The van der Waals surface area contributed by atoms with Crippen LogP contribution >= 0.6 is 11.6 Å². The van der Waals surface area contributed by atoms with Gasteiger partial charge in [0.15, 0.2) is 0 Å². The highest BCUT2D eigenvalue weighted by Crippen LogP contribution is 2.56. The highest BCUT2D eigenvalue weighted by atomic mass is 35.5. The Morgan fingerprint density at radius 3 is 2.16 bits per heavy atom. The van der Waals surface area contributed by atoms with Crippen LogP contribution in [0.4, 0.5) is 5.69 Å². The van der Waals surface area contributed by atoms with Gasteiger partial charge in [-0.15, -0.1) is 0 Å². The Morgan fingerprint density at radius 1 is 1.10 bits per heavy atom.